The highest BCUT2D eigenvalue weighted by Gasteiger charge is 2.23. The van der Waals surface area contributed by atoms with Gasteiger partial charge in [0.1, 0.15) is 10.6 Å². The Morgan fingerprint density at radius 2 is 1.96 bits per heavy atom. The van der Waals surface area contributed by atoms with Crippen LogP contribution in [-0.4, -0.2) is 33.3 Å². The van der Waals surface area contributed by atoms with Crippen LogP contribution in [0, 0.1) is 6.92 Å². The first-order valence-corrected chi connectivity index (χ1v) is 9.33. The summed E-state index contributed by atoms with van der Waals surface area (Å²) in [6.07, 6.45) is 5.14. The molecule has 8 heteroatoms. The van der Waals surface area contributed by atoms with Gasteiger partial charge in [-0.05, 0) is 25.5 Å². The SMILES string of the molecule is CCCN(C(=O)c1sc(NC(=O)c2cnccn2)nc1C)c1ccccc1. The largest absolute Gasteiger partial charge is 0.308 e. The fraction of sp³-hybridized carbons (Fsp3) is 0.211. The van der Waals surface area contributed by atoms with Gasteiger partial charge in [-0.3, -0.25) is 19.9 Å². The van der Waals surface area contributed by atoms with Crippen LogP contribution in [0.5, 0.6) is 0 Å². The normalized spacial score (nSPS) is 10.4. The summed E-state index contributed by atoms with van der Waals surface area (Å²) >= 11 is 1.16. The molecule has 0 radical (unpaired) electrons. The minimum absolute atomic E-state index is 0.127. The second-order valence-electron chi connectivity index (χ2n) is 5.77. The molecule has 3 aromatic rings. The second kappa shape index (κ2) is 8.50. The number of rotatable bonds is 6. The molecule has 2 amide bonds. The molecule has 3 rings (SSSR count). The summed E-state index contributed by atoms with van der Waals surface area (Å²) in [4.78, 5) is 39.7. The number of benzene rings is 1. The van der Waals surface area contributed by atoms with E-state index in [4.69, 9.17) is 0 Å². The predicted molar refractivity (Wildman–Crippen MR) is 105 cm³/mol. The van der Waals surface area contributed by atoms with Gasteiger partial charge in [0.25, 0.3) is 11.8 Å². The number of carbonyl (C=O) groups is 2. The number of para-hydroxylation sites is 1. The Morgan fingerprint density at radius 3 is 2.63 bits per heavy atom. The summed E-state index contributed by atoms with van der Waals surface area (Å²) in [6, 6.07) is 9.52. The van der Waals surface area contributed by atoms with Crippen molar-refractivity contribution in [3.05, 3.63) is 65.2 Å². The third-order valence-corrected chi connectivity index (χ3v) is 4.83. The third kappa shape index (κ3) is 4.35. The Balaban J connectivity index is 1.82. The summed E-state index contributed by atoms with van der Waals surface area (Å²) in [6.45, 7) is 4.38. The molecule has 0 atom stereocenters. The van der Waals surface area contributed by atoms with Crippen LogP contribution < -0.4 is 10.2 Å². The van der Waals surface area contributed by atoms with Gasteiger partial charge in [-0.1, -0.05) is 36.5 Å². The minimum atomic E-state index is -0.413. The molecular weight excluding hydrogens is 362 g/mol. The molecule has 138 valence electrons. The van der Waals surface area contributed by atoms with E-state index in [1.807, 2.05) is 37.3 Å². The number of thiazole rings is 1. The van der Waals surface area contributed by atoms with E-state index in [9.17, 15) is 9.59 Å². The topological polar surface area (TPSA) is 88.1 Å². The lowest BCUT2D eigenvalue weighted by Gasteiger charge is -2.21. The van der Waals surface area contributed by atoms with E-state index in [2.05, 4.69) is 20.3 Å². The molecule has 0 saturated carbocycles. The van der Waals surface area contributed by atoms with Gasteiger partial charge in [-0.2, -0.15) is 0 Å². The van der Waals surface area contributed by atoms with Crippen molar-refractivity contribution >= 4 is 34.0 Å². The molecule has 27 heavy (non-hydrogen) atoms. The monoisotopic (exact) mass is 381 g/mol. The number of nitrogens with one attached hydrogen (secondary N) is 1. The molecule has 0 aliphatic heterocycles. The van der Waals surface area contributed by atoms with E-state index in [1.165, 1.54) is 18.6 Å². The van der Waals surface area contributed by atoms with Crippen LogP contribution in [0.1, 0.15) is 39.2 Å². The minimum Gasteiger partial charge on any atom is -0.308 e. The smallest absolute Gasteiger partial charge is 0.277 e. The van der Waals surface area contributed by atoms with Gasteiger partial charge in [0, 0.05) is 24.6 Å². The average Bonchev–Trinajstić information content (AvgIpc) is 3.07. The summed E-state index contributed by atoms with van der Waals surface area (Å²) in [5.74, 6) is -0.539. The van der Waals surface area contributed by atoms with Crippen molar-refractivity contribution in [2.75, 3.05) is 16.8 Å². The first kappa shape index (κ1) is 18.7. The van der Waals surface area contributed by atoms with Gasteiger partial charge in [0.15, 0.2) is 5.13 Å². The van der Waals surface area contributed by atoms with Crippen LogP contribution in [0.2, 0.25) is 0 Å². The zero-order chi connectivity index (χ0) is 19.2. The van der Waals surface area contributed by atoms with Gasteiger partial charge >= 0.3 is 0 Å². The highest BCUT2D eigenvalue weighted by Crippen LogP contribution is 2.26. The number of carbonyl (C=O) groups excluding carboxylic acids is 2. The summed E-state index contributed by atoms with van der Waals surface area (Å²) in [5.41, 5.74) is 1.61. The van der Waals surface area contributed by atoms with Gasteiger partial charge in [-0.15, -0.1) is 0 Å². The molecule has 2 heterocycles. The van der Waals surface area contributed by atoms with E-state index < -0.39 is 5.91 Å². The van der Waals surface area contributed by atoms with Crippen molar-refractivity contribution in [1.29, 1.82) is 0 Å². The maximum absolute atomic E-state index is 13.1. The molecule has 0 fully saturated rings. The zero-order valence-corrected chi connectivity index (χ0v) is 15.9. The van der Waals surface area contributed by atoms with E-state index in [0.717, 1.165) is 23.4 Å². The van der Waals surface area contributed by atoms with Crippen LogP contribution in [0.25, 0.3) is 0 Å². The van der Waals surface area contributed by atoms with Crippen molar-refractivity contribution in [1.82, 2.24) is 15.0 Å². The van der Waals surface area contributed by atoms with Crippen LogP contribution in [0.15, 0.2) is 48.9 Å². The van der Waals surface area contributed by atoms with Gasteiger partial charge in [0.2, 0.25) is 0 Å². The van der Waals surface area contributed by atoms with Crippen molar-refractivity contribution < 1.29 is 9.59 Å². The quantitative estimate of drug-likeness (QED) is 0.705. The Labute approximate surface area is 161 Å². The number of aromatic nitrogens is 3. The number of hydrogen-bond donors (Lipinski definition) is 1. The molecular formula is C19H19N5O2S. The molecule has 1 N–H and O–H groups in total. The maximum Gasteiger partial charge on any atom is 0.277 e. The molecule has 2 aromatic heterocycles. The van der Waals surface area contributed by atoms with E-state index in [1.54, 1.807) is 11.8 Å². The Morgan fingerprint density at radius 1 is 1.19 bits per heavy atom. The van der Waals surface area contributed by atoms with Crippen molar-refractivity contribution in [2.45, 2.75) is 20.3 Å². The summed E-state index contributed by atoms with van der Waals surface area (Å²) < 4.78 is 0. The third-order valence-electron chi connectivity index (χ3n) is 3.77. The van der Waals surface area contributed by atoms with Crippen LogP contribution in [0.4, 0.5) is 10.8 Å². The van der Waals surface area contributed by atoms with Crippen molar-refractivity contribution in [3.8, 4) is 0 Å². The summed E-state index contributed by atoms with van der Waals surface area (Å²) in [7, 11) is 0. The molecule has 0 bridgehead atoms. The lowest BCUT2D eigenvalue weighted by molar-refractivity contribution is 0.0988. The van der Waals surface area contributed by atoms with E-state index >= 15 is 0 Å². The number of hydrogen-bond acceptors (Lipinski definition) is 6. The van der Waals surface area contributed by atoms with Crippen LogP contribution >= 0.6 is 11.3 Å². The Bertz CT molecular complexity index is 928. The Hall–Kier alpha value is -3.13. The molecule has 0 aliphatic carbocycles. The molecule has 0 spiro atoms. The van der Waals surface area contributed by atoms with Crippen molar-refractivity contribution in [3.63, 3.8) is 0 Å². The number of amides is 2. The standard InChI is InChI=1S/C19H19N5O2S/c1-3-11-24(14-7-5-4-6-8-14)18(26)16-13(2)22-19(27-16)23-17(25)15-12-20-9-10-21-15/h4-10,12H,3,11H2,1-2H3,(H,22,23,25). The molecule has 0 saturated heterocycles. The predicted octanol–water partition coefficient (Wildman–Crippen LogP) is 3.55. The van der Waals surface area contributed by atoms with E-state index in [0.29, 0.717) is 22.2 Å². The van der Waals surface area contributed by atoms with Crippen LogP contribution in [0.3, 0.4) is 0 Å². The van der Waals surface area contributed by atoms with Crippen molar-refractivity contribution in [2.24, 2.45) is 0 Å². The number of anilines is 2. The van der Waals surface area contributed by atoms with Gasteiger partial charge in [0.05, 0.1) is 11.9 Å². The first-order valence-electron chi connectivity index (χ1n) is 8.52. The average molecular weight is 381 g/mol. The highest BCUT2D eigenvalue weighted by atomic mass is 32.1. The molecule has 0 unspecified atom stereocenters. The number of nitrogens with zero attached hydrogens (tertiary/aromatic N) is 4. The lowest BCUT2D eigenvalue weighted by atomic mass is 10.2. The summed E-state index contributed by atoms with van der Waals surface area (Å²) in [5, 5.41) is 3.04. The molecule has 1 aromatic carbocycles. The number of aryl methyl sites for hydroxylation is 1. The molecule has 0 aliphatic rings. The maximum atomic E-state index is 13.1. The van der Waals surface area contributed by atoms with Crippen LogP contribution in [-0.2, 0) is 0 Å². The van der Waals surface area contributed by atoms with E-state index in [-0.39, 0.29) is 11.6 Å². The zero-order valence-electron chi connectivity index (χ0n) is 15.0. The van der Waals surface area contributed by atoms with Gasteiger partial charge < -0.3 is 4.90 Å². The fourth-order valence-electron chi connectivity index (χ4n) is 2.53. The first-order chi connectivity index (χ1) is 13.1. The van der Waals surface area contributed by atoms with Gasteiger partial charge in [-0.25, -0.2) is 9.97 Å². The highest BCUT2D eigenvalue weighted by molar-refractivity contribution is 7.17. The molecule has 7 nitrogen and oxygen atoms in total. The fourth-order valence-corrected chi connectivity index (χ4v) is 3.44. The lowest BCUT2D eigenvalue weighted by Crippen LogP contribution is -2.31. The Kier molecular flexibility index (Phi) is 5.87. The second-order valence-corrected chi connectivity index (χ2v) is 6.77.